The average molecular weight is 388 g/mol. The number of nitrogens with zero attached hydrogens (tertiary/aromatic N) is 4. The highest BCUT2D eigenvalue weighted by Crippen LogP contribution is 2.39. The Morgan fingerprint density at radius 3 is 2.88 bits per heavy atom. The third-order valence-electron chi connectivity index (χ3n) is 4.35. The molecule has 0 aliphatic heterocycles. The Kier molecular flexibility index (Phi) is 4.82. The number of rotatable bonds is 7. The van der Waals surface area contributed by atoms with Crippen LogP contribution in [0.3, 0.4) is 0 Å². The third-order valence-corrected chi connectivity index (χ3v) is 5.67. The fourth-order valence-electron chi connectivity index (χ4n) is 2.89. The molecule has 3 aromatic rings. The highest BCUT2D eigenvalue weighted by atomic mass is 35.5. The lowest BCUT2D eigenvalue weighted by atomic mass is 10.2. The van der Waals surface area contributed by atoms with Gasteiger partial charge in [-0.15, -0.1) is 10.2 Å². The van der Waals surface area contributed by atoms with E-state index >= 15 is 0 Å². The zero-order chi connectivity index (χ0) is 18.1. The van der Waals surface area contributed by atoms with Crippen molar-refractivity contribution in [1.29, 1.82) is 0 Å². The second kappa shape index (κ2) is 7.25. The number of carbonyl (C=O) groups excluding carboxylic acids is 1. The summed E-state index contributed by atoms with van der Waals surface area (Å²) in [6.45, 7) is 0. The fraction of sp³-hybridized carbons (Fsp3) is 0.333. The lowest BCUT2D eigenvalue weighted by Crippen LogP contribution is -2.13. The van der Waals surface area contributed by atoms with Crippen molar-refractivity contribution in [2.75, 3.05) is 0 Å². The molecule has 1 aliphatic carbocycles. The molecule has 1 amide bonds. The van der Waals surface area contributed by atoms with Crippen molar-refractivity contribution in [3.8, 4) is 0 Å². The van der Waals surface area contributed by atoms with Crippen molar-refractivity contribution >= 4 is 40.2 Å². The average Bonchev–Trinajstić information content (AvgIpc) is 3.38. The molecule has 0 radical (unpaired) electrons. The molecule has 2 aromatic heterocycles. The molecule has 1 saturated carbocycles. The quantitative estimate of drug-likeness (QED) is 0.495. The topological polar surface area (TPSA) is 86.7 Å². The van der Waals surface area contributed by atoms with Gasteiger partial charge in [0.25, 0.3) is 0 Å². The van der Waals surface area contributed by atoms with Crippen LogP contribution >= 0.6 is 23.4 Å². The molecule has 8 heteroatoms. The second-order valence-electron chi connectivity index (χ2n) is 6.39. The smallest absolute Gasteiger partial charge is 0.217 e. The summed E-state index contributed by atoms with van der Waals surface area (Å²) in [7, 11) is 0. The Hall–Kier alpha value is -2.12. The van der Waals surface area contributed by atoms with E-state index in [0.29, 0.717) is 23.4 Å². The van der Waals surface area contributed by atoms with Crippen LogP contribution in [-0.4, -0.2) is 25.7 Å². The van der Waals surface area contributed by atoms with Gasteiger partial charge in [-0.2, -0.15) is 0 Å². The molecule has 0 bridgehead atoms. The van der Waals surface area contributed by atoms with E-state index in [4.69, 9.17) is 17.3 Å². The molecule has 4 rings (SSSR count). The Balaban J connectivity index is 1.54. The van der Waals surface area contributed by atoms with Crippen LogP contribution in [0.25, 0.3) is 10.9 Å². The number of fused-ring (bicyclic) bond motifs is 1. The molecule has 1 aromatic carbocycles. The number of benzene rings is 1. The molecule has 0 saturated heterocycles. The van der Waals surface area contributed by atoms with Gasteiger partial charge in [-0.05, 0) is 25.0 Å². The monoisotopic (exact) mass is 387 g/mol. The first kappa shape index (κ1) is 17.3. The van der Waals surface area contributed by atoms with Crippen molar-refractivity contribution < 1.29 is 4.79 Å². The van der Waals surface area contributed by atoms with E-state index < -0.39 is 0 Å². The molecule has 134 valence electrons. The van der Waals surface area contributed by atoms with Crippen LogP contribution < -0.4 is 5.73 Å². The van der Waals surface area contributed by atoms with Crippen LogP contribution in [-0.2, 0) is 17.0 Å². The summed E-state index contributed by atoms with van der Waals surface area (Å²) < 4.78 is 2.15. The van der Waals surface area contributed by atoms with Gasteiger partial charge in [0.2, 0.25) is 5.91 Å². The number of aromatic nitrogens is 4. The van der Waals surface area contributed by atoms with Crippen molar-refractivity contribution in [3.63, 3.8) is 0 Å². The van der Waals surface area contributed by atoms with Gasteiger partial charge in [-0.25, -0.2) is 4.98 Å². The minimum absolute atomic E-state index is 0.288. The second-order valence-corrected chi connectivity index (χ2v) is 7.69. The van der Waals surface area contributed by atoms with Gasteiger partial charge < -0.3 is 10.3 Å². The first-order chi connectivity index (χ1) is 12.6. The van der Waals surface area contributed by atoms with Gasteiger partial charge in [0.1, 0.15) is 11.0 Å². The minimum atomic E-state index is -0.321. The number of para-hydroxylation sites is 1. The van der Waals surface area contributed by atoms with E-state index in [1.54, 1.807) is 11.8 Å². The van der Waals surface area contributed by atoms with Gasteiger partial charge in [0.05, 0.1) is 5.52 Å². The summed E-state index contributed by atoms with van der Waals surface area (Å²) in [4.78, 5) is 15.5. The van der Waals surface area contributed by atoms with Crippen molar-refractivity contribution in [3.05, 3.63) is 46.9 Å². The summed E-state index contributed by atoms with van der Waals surface area (Å²) in [6.07, 6.45) is 3.05. The number of carbonyl (C=O) groups is 1. The van der Waals surface area contributed by atoms with Gasteiger partial charge in [-0.3, -0.25) is 4.79 Å². The van der Waals surface area contributed by atoms with E-state index in [9.17, 15) is 4.79 Å². The first-order valence-electron chi connectivity index (χ1n) is 8.51. The molecule has 2 N–H and O–H groups in total. The number of hydrogen-bond acceptors (Lipinski definition) is 5. The highest BCUT2D eigenvalue weighted by molar-refractivity contribution is 7.98. The number of amides is 1. The van der Waals surface area contributed by atoms with Gasteiger partial charge in [-0.1, -0.05) is 41.6 Å². The third kappa shape index (κ3) is 3.68. The molecular formula is C18H18ClN5OS. The Bertz CT molecular complexity index is 969. The number of primary amides is 1. The number of pyridine rings is 1. The minimum Gasteiger partial charge on any atom is -0.370 e. The SMILES string of the molecule is NC(=O)CCc1nnc(SCc2cc3ccccc3nc2Cl)n1C1CC1. The molecule has 6 nitrogen and oxygen atoms in total. The predicted octanol–water partition coefficient (Wildman–Crippen LogP) is 3.52. The zero-order valence-electron chi connectivity index (χ0n) is 14.1. The highest BCUT2D eigenvalue weighted by Gasteiger charge is 2.29. The zero-order valence-corrected chi connectivity index (χ0v) is 15.6. The van der Waals surface area contributed by atoms with Gasteiger partial charge >= 0.3 is 0 Å². The molecule has 1 aliphatic rings. The molecule has 0 atom stereocenters. The lowest BCUT2D eigenvalue weighted by Gasteiger charge is -2.09. The molecule has 0 spiro atoms. The molecule has 1 fully saturated rings. The summed E-state index contributed by atoms with van der Waals surface area (Å²) in [5.74, 6) is 1.17. The number of hydrogen-bond donors (Lipinski definition) is 1. The van der Waals surface area contributed by atoms with Crippen molar-refractivity contribution in [1.82, 2.24) is 19.7 Å². The standard InChI is InChI=1S/C18H18ClN5OS/c19-17-12(9-11-3-1-2-4-14(11)21-17)10-26-18-23-22-16(8-7-15(20)25)24(18)13-5-6-13/h1-4,9,13H,5-8,10H2,(H2,20,25). The van der Waals surface area contributed by atoms with E-state index in [2.05, 4.69) is 25.8 Å². The summed E-state index contributed by atoms with van der Waals surface area (Å²) in [6, 6.07) is 10.4. The summed E-state index contributed by atoms with van der Waals surface area (Å²) in [5.41, 5.74) is 7.12. The first-order valence-corrected chi connectivity index (χ1v) is 9.87. The normalized spacial score (nSPS) is 14.0. The number of halogens is 1. The Labute approximate surface area is 160 Å². The van der Waals surface area contributed by atoms with Crippen LogP contribution in [0, 0.1) is 0 Å². The van der Waals surface area contributed by atoms with Crippen molar-refractivity contribution in [2.24, 2.45) is 5.73 Å². The van der Waals surface area contributed by atoms with Gasteiger partial charge in [0, 0.05) is 35.6 Å². The maximum absolute atomic E-state index is 11.1. The number of nitrogens with two attached hydrogens (primary N) is 1. The number of aryl methyl sites for hydroxylation is 1. The maximum atomic E-state index is 11.1. The molecule has 2 heterocycles. The van der Waals surface area contributed by atoms with E-state index in [1.165, 1.54) is 0 Å². The maximum Gasteiger partial charge on any atom is 0.217 e. The Morgan fingerprint density at radius 1 is 1.31 bits per heavy atom. The molecular weight excluding hydrogens is 370 g/mol. The van der Waals surface area contributed by atoms with Gasteiger partial charge in [0.15, 0.2) is 5.16 Å². The summed E-state index contributed by atoms with van der Waals surface area (Å²) >= 11 is 7.95. The molecule has 0 unspecified atom stereocenters. The van der Waals surface area contributed by atoms with Crippen LogP contribution in [0.4, 0.5) is 0 Å². The van der Waals surface area contributed by atoms with E-state index in [-0.39, 0.29) is 12.3 Å². The van der Waals surface area contributed by atoms with Crippen molar-refractivity contribution in [2.45, 2.75) is 42.6 Å². The Morgan fingerprint density at radius 2 is 2.12 bits per heavy atom. The predicted molar refractivity (Wildman–Crippen MR) is 102 cm³/mol. The lowest BCUT2D eigenvalue weighted by molar-refractivity contribution is -0.118. The number of thioether (sulfide) groups is 1. The van der Waals surface area contributed by atoms with Crippen LogP contribution in [0.2, 0.25) is 5.15 Å². The van der Waals surface area contributed by atoms with Crippen LogP contribution in [0.5, 0.6) is 0 Å². The van der Waals surface area contributed by atoms with Crippen LogP contribution in [0.15, 0.2) is 35.5 Å². The summed E-state index contributed by atoms with van der Waals surface area (Å²) in [5, 5.41) is 11.0. The van der Waals surface area contributed by atoms with E-state index in [1.807, 2.05) is 24.3 Å². The van der Waals surface area contributed by atoms with E-state index in [0.717, 1.165) is 40.3 Å². The van der Waals surface area contributed by atoms with Crippen LogP contribution in [0.1, 0.15) is 36.7 Å². The molecule has 26 heavy (non-hydrogen) atoms. The fourth-order valence-corrected chi connectivity index (χ4v) is 4.18. The largest absolute Gasteiger partial charge is 0.370 e.